The number of hydrogen-bond acceptors (Lipinski definition) is 6. The van der Waals surface area contributed by atoms with E-state index >= 15 is 0 Å². The lowest BCUT2D eigenvalue weighted by atomic mass is 10.3. The molecule has 0 unspecified atom stereocenters. The number of ether oxygens (including phenoxy) is 1. The minimum absolute atomic E-state index is 0.111. The second kappa shape index (κ2) is 6.40. The Labute approximate surface area is 125 Å². The lowest BCUT2D eigenvalue weighted by Crippen LogP contribution is -2.00. The highest BCUT2D eigenvalue weighted by atomic mass is 35.7. The summed E-state index contributed by atoms with van der Waals surface area (Å²) in [6.45, 7) is 1.87. The van der Waals surface area contributed by atoms with Crippen molar-refractivity contribution in [3.63, 3.8) is 0 Å². The van der Waals surface area contributed by atoms with Gasteiger partial charge in [0.15, 0.2) is 24.0 Å². The van der Waals surface area contributed by atoms with Gasteiger partial charge >= 0.3 is 0 Å². The zero-order chi connectivity index (χ0) is 15.5. The van der Waals surface area contributed by atoms with Crippen LogP contribution in [-0.2, 0) is 22.1 Å². The van der Waals surface area contributed by atoms with Crippen LogP contribution in [0.5, 0.6) is 5.75 Å². The number of aryl methyl sites for hydroxylation is 1. The van der Waals surface area contributed by atoms with Crippen LogP contribution >= 0.6 is 10.7 Å². The third-order valence-corrected chi connectivity index (χ3v) is 3.87. The first-order chi connectivity index (χ1) is 9.90. The summed E-state index contributed by atoms with van der Waals surface area (Å²) in [7, 11) is 1.14. The van der Waals surface area contributed by atoms with Crippen molar-refractivity contribution in [2.75, 3.05) is 0 Å². The normalized spacial score (nSPS) is 11.6. The van der Waals surface area contributed by atoms with Gasteiger partial charge in [-0.15, -0.1) is 0 Å². The van der Waals surface area contributed by atoms with Crippen molar-refractivity contribution in [2.45, 2.75) is 31.3 Å². The van der Waals surface area contributed by atoms with Crippen molar-refractivity contribution in [1.29, 1.82) is 0 Å². The summed E-state index contributed by atoms with van der Waals surface area (Å²) >= 11 is 0. The molecule has 0 aliphatic carbocycles. The van der Waals surface area contributed by atoms with Gasteiger partial charge in [0.05, 0.1) is 4.90 Å². The van der Waals surface area contributed by atoms with Gasteiger partial charge in [0.25, 0.3) is 14.9 Å². The van der Waals surface area contributed by atoms with Gasteiger partial charge < -0.3 is 9.26 Å². The first kappa shape index (κ1) is 15.7. The Hall–Kier alpha value is -1.67. The molecule has 2 rings (SSSR count). The van der Waals surface area contributed by atoms with Crippen LogP contribution in [0.1, 0.15) is 25.1 Å². The average Bonchev–Trinajstić information content (AvgIpc) is 2.84. The number of nitrogens with zero attached hydrogens (tertiary/aromatic N) is 2. The van der Waals surface area contributed by atoms with E-state index in [-0.39, 0.29) is 23.1 Å². The molecule has 1 aromatic heterocycles. The Kier molecular flexibility index (Phi) is 4.79. The third-order valence-electron chi connectivity index (χ3n) is 2.52. The van der Waals surface area contributed by atoms with Gasteiger partial charge in [-0.2, -0.15) is 4.98 Å². The minimum Gasteiger partial charge on any atom is -0.481 e. The van der Waals surface area contributed by atoms with Crippen LogP contribution in [0.15, 0.2) is 27.6 Å². The van der Waals surface area contributed by atoms with E-state index in [9.17, 15) is 12.8 Å². The predicted molar refractivity (Wildman–Crippen MR) is 72.1 cm³/mol. The van der Waals surface area contributed by atoms with Crippen LogP contribution in [0, 0.1) is 5.82 Å². The molecule has 9 heteroatoms. The van der Waals surface area contributed by atoms with Gasteiger partial charge in [0.1, 0.15) is 0 Å². The fraction of sp³-hybridized carbons (Fsp3) is 0.333. The van der Waals surface area contributed by atoms with Crippen LogP contribution in [-0.4, -0.2) is 18.6 Å². The van der Waals surface area contributed by atoms with Crippen molar-refractivity contribution in [1.82, 2.24) is 10.1 Å². The quantitative estimate of drug-likeness (QED) is 0.755. The maximum absolute atomic E-state index is 13.7. The van der Waals surface area contributed by atoms with Gasteiger partial charge in [-0.3, -0.25) is 0 Å². The fourth-order valence-electron chi connectivity index (χ4n) is 1.56. The first-order valence-electron chi connectivity index (χ1n) is 6.08. The maximum Gasteiger partial charge on any atom is 0.264 e. The Morgan fingerprint density at radius 3 is 2.81 bits per heavy atom. The molecule has 114 valence electrons. The third kappa shape index (κ3) is 4.15. The molecule has 0 spiro atoms. The zero-order valence-corrected chi connectivity index (χ0v) is 12.6. The molecule has 2 aromatic rings. The summed E-state index contributed by atoms with van der Waals surface area (Å²) in [5, 5.41) is 3.73. The number of hydrogen-bond donors (Lipinski definition) is 0. The van der Waals surface area contributed by atoms with E-state index in [1.807, 2.05) is 6.92 Å². The van der Waals surface area contributed by atoms with Crippen molar-refractivity contribution in [2.24, 2.45) is 0 Å². The van der Waals surface area contributed by atoms with Crippen LogP contribution in [0.3, 0.4) is 0 Å². The van der Waals surface area contributed by atoms with Crippen LogP contribution in [0.4, 0.5) is 4.39 Å². The monoisotopic (exact) mass is 334 g/mol. The Morgan fingerprint density at radius 1 is 1.43 bits per heavy atom. The van der Waals surface area contributed by atoms with E-state index in [2.05, 4.69) is 10.1 Å². The molecule has 0 atom stereocenters. The molecule has 0 amide bonds. The Balaban J connectivity index is 2.06. The molecule has 0 aliphatic rings. The molecule has 6 nitrogen and oxygen atoms in total. The number of aromatic nitrogens is 2. The maximum atomic E-state index is 13.7. The molecule has 0 N–H and O–H groups in total. The number of halogens is 2. The summed E-state index contributed by atoms with van der Waals surface area (Å²) in [6.07, 6.45) is 1.56. The molecule has 0 bridgehead atoms. The Bertz CT molecular complexity index is 733. The van der Waals surface area contributed by atoms with Crippen molar-refractivity contribution < 1.29 is 22.1 Å². The summed E-state index contributed by atoms with van der Waals surface area (Å²) in [5.74, 6) is -0.202. The molecule has 1 heterocycles. The molecule has 1 aromatic carbocycles. The second-order valence-corrected chi connectivity index (χ2v) is 6.74. The Morgan fingerprint density at radius 2 is 2.19 bits per heavy atom. The van der Waals surface area contributed by atoms with Crippen molar-refractivity contribution in [3.8, 4) is 5.75 Å². The first-order valence-corrected chi connectivity index (χ1v) is 8.39. The van der Waals surface area contributed by atoms with Crippen LogP contribution < -0.4 is 4.74 Å². The lowest BCUT2D eigenvalue weighted by Gasteiger charge is -2.05. The van der Waals surface area contributed by atoms with E-state index in [0.717, 1.165) is 18.6 Å². The SMILES string of the molecule is CCCc1noc(COc2ccc(S(=O)(=O)Cl)cc2F)n1. The molecule has 0 saturated heterocycles. The summed E-state index contributed by atoms with van der Waals surface area (Å²) in [4.78, 5) is 3.72. The van der Waals surface area contributed by atoms with E-state index in [4.69, 9.17) is 19.9 Å². The second-order valence-electron chi connectivity index (χ2n) is 4.17. The smallest absolute Gasteiger partial charge is 0.264 e. The highest BCUT2D eigenvalue weighted by Crippen LogP contribution is 2.23. The minimum atomic E-state index is -3.98. The van der Waals surface area contributed by atoms with E-state index in [1.54, 1.807) is 0 Å². The summed E-state index contributed by atoms with van der Waals surface area (Å²) < 4.78 is 45.9. The van der Waals surface area contributed by atoms with Gasteiger partial charge in [-0.25, -0.2) is 12.8 Å². The van der Waals surface area contributed by atoms with Gasteiger partial charge in [-0.1, -0.05) is 12.1 Å². The zero-order valence-electron chi connectivity index (χ0n) is 11.0. The van der Waals surface area contributed by atoms with E-state index in [0.29, 0.717) is 12.2 Å². The molecule has 0 fully saturated rings. The van der Waals surface area contributed by atoms with Crippen molar-refractivity contribution in [3.05, 3.63) is 35.7 Å². The molecular weight excluding hydrogens is 323 g/mol. The number of benzene rings is 1. The summed E-state index contributed by atoms with van der Waals surface area (Å²) in [6, 6.07) is 3.11. The van der Waals surface area contributed by atoms with E-state index in [1.165, 1.54) is 6.07 Å². The molecule has 21 heavy (non-hydrogen) atoms. The van der Waals surface area contributed by atoms with Gasteiger partial charge in [0, 0.05) is 17.1 Å². The highest BCUT2D eigenvalue weighted by Gasteiger charge is 2.14. The molecule has 0 radical (unpaired) electrons. The van der Waals surface area contributed by atoms with Crippen molar-refractivity contribution >= 4 is 19.7 Å². The van der Waals surface area contributed by atoms with E-state index < -0.39 is 14.9 Å². The molecule has 0 saturated carbocycles. The lowest BCUT2D eigenvalue weighted by molar-refractivity contribution is 0.234. The molecule has 0 aliphatic heterocycles. The fourth-order valence-corrected chi connectivity index (χ4v) is 2.33. The number of rotatable bonds is 6. The van der Waals surface area contributed by atoms with Gasteiger partial charge in [-0.05, 0) is 24.6 Å². The largest absolute Gasteiger partial charge is 0.481 e. The predicted octanol–water partition coefficient (Wildman–Crippen LogP) is 2.67. The standard InChI is InChI=1S/C12H12ClFN2O4S/c1-2-3-11-15-12(20-16-11)7-19-10-5-4-8(6-9(10)14)21(13,17)18/h4-6H,2-3,7H2,1H3. The summed E-state index contributed by atoms with van der Waals surface area (Å²) in [5.41, 5.74) is 0. The average molecular weight is 335 g/mol. The van der Waals surface area contributed by atoms with Gasteiger partial charge in [0.2, 0.25) is 0 Å². The van der Waals surface area contributed by atoms with Crippen LogP contribution in [0.2, 0.25) is 0 Å². The topological polar surface area (TPSA) is 82.3 Å². The molecular formula is C12H12ClFN2O4S. The van der Waals surface area contributed by atoms with Crippen LogP contribution in [0.25, 0.3) is 0 Å². The highest BCUT2D eigenvalue weighted by molar-refractivity contribution is 8.13.